The number of piperidine rings is 1. The zero-order valence-corrected chi connectivity index (χ0v) is 15.2. The summed E-state index contributed by atoms with van der Waals surface area (Å²) in [6.45, 7) is 4.19. The highest BCUT2D eigenvalue weighted by atomic mass is 16.5. The molecule has 7 nitrogen and oxygen atoms in total. The second kappa shape index (κ2) is 7.19. The van der Waals surface area contributed by atoms with Gasteiger partial charge in [0.2, 0.25) is 0 Å². The molecule has 3 rings (SSSR count). The van der Waals surface area contributed by atoms with Crippen LogP contribution in [0.2, 0.25) is 0 Å². The predicted molar refractivity (Wildman–Crippen MR) is 95.7 cm³/mol. The number of hydrogen-bond acceptors (Lipinski definition) is 4. The second-order valence-electron chi connectivity index (χ2n) is 6.55. The summed E-state index contributed by atoms with van der Waals surface area (Å²) in [5.74, 6) is -0.897. The number of benzene rings is 1. The first kappa shape index (κ1) is 18.0. The fourth-order valence-corrected chi connectivity index (χ4v) is 3.58. The van der Waals surface area contributed by atoms with Crippen molar-refractivity contribution in [3.8, 4) is 11.4 Å². The average molecular weight is 357 g/mol. The molecule has 1 amide bonds. The third-order valence-corrected chi connectivity index (χ3v) is 5.12. The number of carbonyl (C=O) groups is 2. The van der Waals surface area contributed by atoms with Crippen LogP contribution >= 0.6 is 0 Å². The molecule has 26 heavy (non-hydrogen) atoms. The molecule has 0 aliphatic carbocycles. The molecule has 138 valence electrons. The number of carboxylic acid groups (broad SMARTS) is 1. The molecule has 1 aromatic carbocycles. The van der Waals surface area contributed by atoms with Crippen LogP contribution in [0.1, 0.15) is 35.8 Å². The summed E-state index contributed by atoms with van der Waals surface area (Å²) in [5.41, 5.74) is 1.93. The smallest absolute Gasteiger partial charge is 0.308 e. The van der Waals surface area contributed by atoms with Gasteiger partial charge in [0.15, 0.2) is 0 Å². The first-order chi connectivity index (χ1) is 12.5. The van der Waals surface area contributed by atoms with Crippen molar-refractivity contribution < 1.29 is 19.4 Å². The van der Waals surface area contributed by atoms with E-state index in [0.29, 0.717) is 36.4 Å². The lowest BCUT2D eigenvalue weighted by atomic mass is 9.90. The molecule has 2 heterocycles. The van der Waals surface area contributed by atoms with E-state index in [4.69, 9.17) is 4.74 Å². The predicted octanol–water partition coefficient (Wildman–Crippen LogP) is 2.51. The average Bonchev–Trinajstić information content (AvgIpc) is 3.02. The maximum absolute atomic E-state index is 13.0. The van der Waals surface area contributed by atoms with Crippen LogP contribution in [0.15, 0.2) is 30.5 Å². The highest BCUT2D eigenvalue weighted by Gasteiger charge is 2.36. The molecule has 0 spiro atoms. The maximum atomic E-state index is 13.0. The number of aliphatic carboxylic acids is 1. The van der Waals surface area contributed by atoms with Crippen molar-refractivity contribution in [2.24, 2.45) is 5.92 Å². The number of para-hydroxylation sites is 2. The summed E-state index contributed by atoms with van der Waals surface area (Å²) >= 11 is 0. The number of carbonyl (C=O) groups excluding carboxylic acids is 1. The van der Waals surface area contributed by atoms with Crippen LogP contribution in [0.25, 0.3) is 5.69 Å². The Balaban J connectivity index is 1.92. The lowest BCUT2D eigenvalue weighted by molar-refractivity contribution is -0.144. The quantitative estimate of drug-likeness (QED) is 0.909. The van der Waals surface area contributed by atoms with E-state index in [9.17, 15) is 14.7 Å². The molecular weight excluding hydrogens is 334 g/mol. The van der Waals surface area contributed by atoms with Crippen LogP contribution < -0.4 is 4.74 Å². The van der Waals surface area contributed by atoms with E-state index in [2.05, 4.69) is 5.10 Å². The molecule has 0 radical (unpaired) electrons. The van der Waals surface area contributed by atoms with Gasteiger partial charge in [-0.15, -0.1) is 0 Å². The van der Waals surface area contributed by atoms with Gasteiger partial charge in [0.1, 0.15) is 11.4 Å². The first-order valence-electron chi connectivity index (χ1n) is 8.67. The number of amides is 1. The van der Waals surface area contributed by atoms with Gasteiger partial charge >= 0.3 is 5.97 Å². The Morgan fingerprint density at radius 3 is 2.73 bits per heavy atom. The number of hydrogen-bond donors (Lipinski definition) is 1. The van der Waals surface area contributed by atoms with Crippen LogP contribution in [-0.2, 0) is 4.79 Å². The summed E-state index contributed by atoms with van der Waals surface area (Å²) in [4.78, 5) is 26.1. The zero-order valence-electron chi connectivity index (χ0n) is 15.2. The molecule has 1 saturated heterocycles. The number of ether oxygens (including phenoxy) is 1. The topological polar surface area (TPSA) is 84.7 Å². The van der Waals surface area contributed by atoms with E-state index in [1.54, 1.807) is 29.8 Å². The van der Waals surface area contributed by atoms with Crippen LogP contribution in [0, 0.1) is 12.8 Å². The number of aromatic nitrogens is 2. The second-order valence-corrected chi connectivity index (χ2v) is 6.55. The molecule has 0 saturated carbocycles. The molecule has 0 unspecified atom stereocenters. The van der Waals surface area contributed by atoms with Gasteiger partial charge in [0, 0.05) is 12.6 Å². The van der Waals surface area contributed by atoms with Crippen molar-refractivity contribution in [1.29, 1.82) is 0 Å². The van der Waals surface area contributed by atoms with E-state index in [1.807, 2.05) is 31.2 Å². The zero-order chi connectivity index (χ0) is 18.8. The lowest BCUT2D eigenvalue weighted by Gasteiger charge is -2.37. The normalized spacial score (nSPS) is 20.0. The third-order valence-electron chi connectivity index (χ3n) is 5.12. The van der Waals surface area contributed by atoms with Crippen LogP contribution in [0.4, 0.5) is 0 Å². The van der Waals surface area contributed by atoms with Crippen molar-refractivity contribution >= 4 is 11.9 Å². The molecule has 1 fully saturated rings. The minimum atomic E-state index is -0.851. The van der Waals surface area contributed by atoms with E-state index in [-0.39, 0.29) is 11.9 Å². The summed E-state index contributed by atoms with van der Waals surface area (Å²) in [6.07, 6.45) is 2.83. The number of rotatable bonds is 4. The summed E-state index contributed by atoms with van der Waals surface area (Å²) in [7, 11) is 1.59. The van der Waals surface area contributed by atoms with E-state index < -0.39 is 11.9 Å². The molecule has 2 atom stereocenters. The SMILES string of the molecule is COc1ccccc1-n1ncc(C(=O)N2CCC[C@H](C(=O)O)[C@@H]2C)c1C. The minimum Gasteiger partial charge on any atom is -0.494 e. The van der Waals surface area contributed by atoms with Gasteiger partial charge < -0.3 is 14.7 Å². The molecule has 1 aromatic heterocycles. The minimum absolute atomic E-state index is 0.179. The summed E-state index contributed by atoms with van der Waals surface area (Å²) < 4.78 is 7.05. The largest absolute Gasteiger partial charge is 0.494 e. The van der Waals surface area contributed by atoms with Crippen LogP contribution in [-0.4, -0.2) is 51.4 Å². The van der Waals surface area contributed by atoms with Crippen molar-refractivity contribution in [3.63, 3.8) is 0 Å². The highest BCUT2D eigenvalue weighted by Crippen LogP contribution is 2.28. The molecule has 1 N–H and O–H groups in total. The first-order valence-corrected chi connectivity index (χ1v) is 8.67. The van der Waals surface area contributed by atoms with Gasteiger partial charge in [0.25, 0.3) is 5.91 Å². The Bertz CT molecular complexity index is 830. The monoisotopic (exact) mass is 357 g/mol. The van der Waals surface area contributed by atoms with Gasteiger partial charge in [-0.25, -0.2) is 4.68 Å². The number of methoxy groups -OCH3 is 1. The van der Waals surface area contributed by atoms with Crippen molar-refractivity contribution in [1.82, 2.24) is 14.7 Å². The molecule has 7 heteroatoms. The molecular formula is C19H23N3O4. The van der Waals surface area contributed by atoms with Crippen molar-refractivity contribution in [3.05, 3.63) is 41.7 Å². The Morgan fingerprint density at radius 1 is 1.31 bits per heavy atom. The van der Waals surface area contributed by atoms with Gasteiger partial charge in [0.05, 0.1) is 30.5 Å². The van der Waals surface area contributed by atoms with Crippen LogP contribution in [0.3, 0.4) is 0 Å². The molecule has 1 aliphatic heterocycles. The lowest BCUT2D eigenvalue weighted by Crippen LogP contribution is -2.49. The van der Waals surface area contributed by atoms with Crippen molar-refractivity contribution in [2.75, 3.05) is 13.7 Å². The number of carboxylic acids is 1. The van der Waals surface area contributed by atoms with E-state index in [1.165, 1.54) is 0 Å². The maximum Gasteiger partial charge on any atom is 0.308 e. The summed E-state index contributed by atoms with van der Waals surface area (Å²) in [6, 6.07) is 7.11. The highest BCUT2D eigenvalue weighted by molar-refractivity contribution is 5.96. The standard InChI is InChI=1S/C19H23N3O4/c1-12-14(19(24)25)7-6-10-21(12)18(23)15-11-20-22(13(15)2)16-8-4-5-9-17(16)26-3/h4-5,8-9,11-12,14H,6-7,10H2,1-3H3,(H,24,25)/t12-,14-/m0/s1. The Kier molecular flexibility index (Phi) is 4.97. The van der Waals surface area contributed by atoms with Gasteiger partial charge in [-0.05, 0) is 38.8 Å². The molecule has 1 aliphatic rings. The van der Waals surface area contributed by atoms with Crippen LogP contribution in [0.5, 0.6) is 5.75 Å². The summed E-state index contributed by atoms with van der Waals surface area (Å²) in [5, 5.41) is 13.7. The Morgan fingerprint density at radius 2 is 2.04 bits per heavy atom. The number of likely N-dealkylation sites (tertiary alicyclic amines) is 1. The van der Waals surface area contributed by atoms with Gasteiger partial charge in [-0.2, -0.15) is 5.10 Å². The fourth-order valence-electron chi connectivity index (χ4n) is 3.58. The van der Waals surface area contributed by atoms with Crippen molar-refractivity contribution in [2.45, 2.75) is 32.7 Å². The van der Waals surface area contributed by atoms with E-state index >= 15 is 0 Å². The van der Waals surface area contributed by atoms with E-state index in [0.717, 1.165) is 5.69 Å². The third kappa shape index (κ3) is 3.05. The Labute approximate surface area is 152 Å². The molecule has 2 aromatic rings. The molecule has 0 bridgehead atoms. The fraction of sp³-hybridized carbons (Fsp3) is 0.421. The van der Waals surface area contributed by atoms with Gasteiger partial charge in [-0.3, -0.25) is 9.59 Å². The number of nitrogens with zero attached hydrogens (tertiary/aromatic N) is 3. The van der Waals surface area contributed by atoms with Gasteiger partial charge in [-0.1, -0.05) is 12.1 Å². The Hall–Kier alpha value is -2.83.